The quantitative estimate of drug-likeness (QED) is 0.664. The summed E-state index contributed by atoms with van der Waals surface area (Å²) in [5, 5.41) is 10.8. The molecule has 0 aliphatic carbocycles. The third-order valence-corrected chi connectivity index (χ3v) is 5.28. The van der Waals surface area contributed by atoms with Crippen LogP contribution in [0.1, 0.15) is 35.8 Å². The van der Waals surface area contributed by atoms with E-state index in [2.05, 4.69) is 45.0 Å². The van der Waals surface area contributed by atoms with E-state index in [0.717, 1.165) is 26.4 Å². The maximum atomic E-state index is 12.7. The molecule has 0 N–H and O–H groups in total. The van der Waals surface area contributed by atoms with Crippen LogP contribution in [-0.2, 0) is 6.54 Å². The number of carbonyl (C=O) groups excluding carboxylic acids is 1. The monoisotopic (exact) mass is 403 g/mol. The highest BCUT2D eigenvalue weighted by atomic mass is 79.9. The molecule has 0 atom stereocenters. The van der Waals surface area contributed by atoms with Gasteiger partial charge in [-0.1, -0.05) is 22.0 Å². The van der Waals surface area contributed by atoms with E-state index in [1.165, 1.54) is 11.3 Å². The van der Waals surface area contributed by atoms with Gasteiger partial charge >= 0.3 is 0 Å². The second kappa shape index (κ2) is 5.78. The molecule has 0 radical (unpaired) electrons. The SMILES string of the molecule is CC(C)n1cnnc1-c1nc(N2Cc3ccc(Br)cc3C2=O)cs1. The zero-order chi connectivity index (χ0) is 16.8. The molecule has 4 rings (SSSR count). The van der Waals surface area contributed by atoms with Gasteiger partial charge in [-0.15, -0.1) is 21.5 Å². The van der Waals surface area contributed by atoms with E-state index in [-0.39, 0.29) is 11.9 Å². The minimum absolute atomic E-state index is 0.0199. The van der Waals surface area contributed by atoms with Gasteiger partial charge in [-0.05, 0) is 31.5 Å². The summed E-state index contributed by atoms with van der Waals surface area (Å²) >= 11 is 4.89. The summed E-state index contributed by atoms with van der Waals surface area (Å²) in [6, 6.07) is 6.03. The second-order valence-electron chi connectivity index (χ2n) is 5.86. The van der Waals surface area contributed by atoms with Gasteiger partial charge in [0.2, 0.25) is 0 Å². The van der Waals surface area contributed by atoms with Crippen LogP contribution in [0, 0.1) is 0 Å². The Kier molecular flexibility index (Phi) is 3.73. The molecule has 8 heteroatoms. The van der Waals surface area contributed by atoms with Crippen LogP contribution < -0.4 is 4.90 Å². The summed E-state index contributed by atoms with van der Waals surface area (Å²) in [4.78, 5) is 19.0. The van der Waals surface area contributed by atoms with Crippen LogP contribution in [-0.4, -0.2) is 25.7 Å². The molecule has 1 aliphatic heterocycles. The smallest absolute Gasteiger partial charge is 0.260 e. The fourth-order valence-electron chi connectivity index (χ4n) is 2.72. The van der Waals surface area contributed by atoms with Gasteiger partial charge in [0, 0.05) is 21.5 Å². The maximum absolute atomic E-state index is 12.7. The Morgan fingerprint density at radius 1 is 1.33 bits per heavy atom. The molecule has 0 saturated carbocycles. The summed E-state index contributed by atoms with van der Waals surface area (Å²) in [5.41, 5.74) is 1.74. The molecule has 0 spiro atoms. The molecular weight excluding hydrogens is 390 g/mol. The lowest BCUT2D eigenvalue weighted by Crippen LogP contribution is -2.23. The Morgan fingerprint density at radius 2 is 2.17 bits per heavy atom. The predicted octanol–water partition coefficient (Wildman–Crippen LogP) is 3.91. The first kappa shape index (κ1) is 15.5. The Morgan fingerprint density at radius 3 is 2.96 bits per heavy atom. The molecule has 0 unspecified atom stereocenters. The molecule has 1 aromatic carbocycles. The van der Waals surface area contributed by atoms with Gasteiger partial charge in [0.1, 0.15) is 12.1 Å². The Bertz CT molecular complexity index is 932. The molecule has 3 aromatic rings. The normalized spacial score (nSPS) is 13.8. The number of amides is 1. The van der Waals surface area contributed by atoms with Crippen LogP contribution in [0.5, 0.6) is 0 Å². The van der Waals surface area contributed by atoms with E-state index < -0.39 is 0 Å². The highest BCUT2D eigenvalue weighted by molar-refractivity contribution is 9.10. The highest BCUT2D eigenvalue weighted by Gasteiger charge is 2.30. The van der Waals surface area contributed by atoms with E-state index >= 15 is 0 Å². The van der Waals surface area contributed by atoms with Crippen LogP contribution in [0.3, 0.4) is 0 Å². The van der Waals surface area contributed by atoms with Crippen molar-refractivity contribution in [1.82, 2.24) is 19.7 Å². The molecule has 1 aliphatic rings. The summed E-state index contributed by atoms with van der Waals surface area (Å²) in [5.74, 6) is 1.37. The van der Waals surface area contributed by atoms with Crippen molar-refractivity contribution < 1.29 is 4.79 Å². The molecular formula is C16H14BrN5OS. The van der Waals surface area contributed by atoms with Crippen molar-refractivity contribution in [3.8, 4) is 10.8 Å². The summed E-state index contributed by atoms with van der Waals surface area (Å²) in [6.45, 7) is 4.68. The zero-order valence-electron chi connectivity index (χ0n) is 13.1. The summed E-state index contributed by atoms with van der Waals surface area (Å²) < 4.78 is 2.88. The van der Waals surface area contributed by atoms with Gasteiger partial charge in [-0.25, -0.2) is 4.98 Å². The first-order valence-corrected chi connectivity index (χ1v) is 9.17. The number of hydrogen-bond acceptors (Lipinski definition) is 5. The third kappa shape index (κ3) is 2.46. The molecule has 0 saturated heterocycles. The number of halogens is 1. The largest absolute Gasteiger partial charge is 0.309 e. The molecule has 122 valence electrons. The number of thiazole rings is 1. The first-order valence-electron chi connectivity index (χ1n) is 7.50. The lowest BCUT2D eigenvalue weighted by Gasteiger charge is -2.11. The minimum Gasteiger partial charge on any atom is -0.309 e. The van der Waals surface area contributed by atoms with Crippen molar-refractivity contribution in [3.63, 3.8) is 0 Å². The van der Waals surface area contributed by atoms with Gasteiger partial charge in [0.15, 0.2) is 10.8 Å². The van der Waals surface area contributed by atoms with Crippen molar-refractivity contribution >= 4 is 39.0 Å². The van der Waals surface area contributed by atoms with Gasteiger partial charge in [0.05, 0.1) is 6.54 Å². The van der Waals surface area contributed by atoms with Crippen LogP contribution in [0.15, 0.2) is 34.4 Å². The summed E-state index contributed by atoms with van der Waals surface area (Å²) in [6.07, 6.45) is 1.70. The molecule has 0 bridgehead atoms. The van der Waals surface area contributed by atoms with E-state index in [1.807, 2.05) is 28.1 Å². The maximum Gasteiger partial charge on any atom is 0.260 e. The third-order valence-electron chi connectivity index (χ3n) is 3.97. The van der Waals surface area contributed by atoms with Crippen molar-refractivity contribution in [3.05, 3.63) is 45.5 Å². The van der Waals surface area contributed by atoms with E-state index in [9.17, 15) is 4.79 Å². The fourth-order valence-corrected chi connectivity index (χ4v) is 3.88. The van der Waals surface area contributed by atoms with Gasteiger partial charge in [0.25, 0.3) is 5.91 Å². The van der Waals surface area contributed by atoms with Crippen LogP contribution in [0.25, 0.3) is 10.8 Å². The Balaban J connectivity index is 1.67. The molecule has 0 fully saturated rings. The zero-order valence-corrected chi connectivity index (χ0v) is 15.5. The lowest BCUT2D eigenvalue weighted by molar-refractivity contribution is 0.0996. The van der Waals surface area contributed by atoms with E-state index in [4.69, 9.17) is 0 Å². The first-order chi connectivity index (χ1) is 11.5. The average Bonchev–Trinajstić information content (AvgIpc) is 3.25. The van der Waals surface area contributed by atoms with Gasteiger partial charge in [-0.2, -0.15) is 0 Å². The number of nitrogens with zero attached hydrogens (tertiary/aromatic N) is 5. The fraction of sp³-hybridized carbons (Fsp3) is 0.250. The Labute approximate surface area is 151 Å². The van der Waals surface area contributed by atoms with Gasteiger partial charge in [-0.3, -0.25) is 9.69 Å². The predicted molar refractivity (Wildman–Crippen MR) is 96.2 cm³/mol. The number of rotatable bonds is 3. The summed E-state index contributed by atoms with van der Waals surface area (Å²) in [7, 11) is 0. The average molecular weight is 404 g/mol. The molecule has 3 heterocycles. The molecule has 2 aromatic heterocycles. The minimum atomic E-state index is -0.0199. The van der Waals surface area contributed by atoms with Crippen LogP contribution in [0.2, 0.25) is 0 Å². The number of fused-ring (bicyclic) bond motifs is 1. The molecule has 1 amide bonds. The second-order valence-corrected chi connectivity index (χ2v) is 7.63. The number of hydrogen-bond donors (Lipinski definition) is 0. The van der Waals surface area contributed by atoms with Gasteiger partial charge < -0.3 is 4.57 Å². The number of benzene rings is 1. The number of carbonyl (C=O) groups is 1. The molecule has 24 heavy (non-hydrogen) atoms. The highest BCUT2D eigenvalue weighted by Crippen LogP contribution is 2.33. The number of anilines is 1. The van der Waals surface area contributed by atoms with Crippen LogP contribution in [0.4, 0.5) is 5.82 Å². The Hall–Kier alpha value is -2.06. The lowest BCUT2D eigenvalue weighted by atomic mass is 10.1. The topological polar surface area (TPSA) is 63.9 Å². The van der Waals surface area contributed by atoms with E-state index in [0.29, 0.717) is 12.4 Å². The van der Waals surface area contributed by atoms with Crippen molar-refractivity contribution in [2.24, 2.45) is 0 Å². The van der Waals surface area contributed by atoms with Crippen LogP contribution >= 0.6 is 27.3 Å². The molecule has 6 nitrogen and oxygen atoms in total. The number of aromatic nitrogens is 4. The van der Waals surface area contributed by atoms with Crippen molar-refractivity contribution in [2.45, 2.75) is 26.4 Å². The standard InChI is InChI=1S/C16H14BrN5OS/c1-9(2)22-8-18-20-14(22)15-19-13(7-24-15)21-6-10-3-4-11(17)5-12(10)16(21)23/h3-5,7-9H,6H2,1-2H3. The van der Waals surface area contributed by atoms with Crippen molar-refractivity contribution in [1.29, 1.82) is 0 Å². The van der Waals surface area contributed by atoms with Crippen molar-refractivity contribution in [2.75, 3.05) is 4.90 Å². The van der Waals surface area contributed by atoms with E-state index in [1.54, 1.807) is 11.2 Å².